The molecule has 2 aromatic heterocycles. The van der Waals surface area contributed by atoms with Gasteiger partial charge in [-0.1, -0.05) is 17.3 Å². The lowest BCUT2D eigenvalue weighted by Crippen LogP contribution is -2.36. The zero-order valence-electron chi connectivity index (χ0n) is 15.5. The van der Waals surface area contributed by atoms with Crippen LogP contribution in [0.2, 0.25) is 0 Å². The Kier molecular flexibility index (Phi) is 5.28. The van der Waals surface area contributed by atoms with Gasteiger partial charge in [-0.15, -0.1) is 11.3 Å². The number of alkyl halides is 6. The van der Waals surface area contributed by atoms with Gasteiger partial charge in [0.25, 0.3) is 0 Å². The van der Waals surface area contributed by atoms with Gasteiger partial charge in [-0.2, -0.15) is 31.3 Å². The second-order valence-corrected chi connectivity index (χ2v) is 8.05. The molecule has 1 amide bonds. The van der Waals surface area contributed by atoms with Crippen molar-refractivity contribution >= 4 is 17.2 Å². The number of carbonyl (C=O) groups excluding carboxylic acids is 1. The van der Waals surface area contributed by atoms with Crippen LogP contribution in [0.4, 0.5) is 26.3 Å². The van der Waals surface area contributed by atoms with E-state index in [-0.39, 0.29) is 24.7 Å². The topological polar surface area (TPSA) is 59.2 Å². The maximum atomic E-state index is 12.7. The van der Waals surface area contributed by atoms with Crippen molar-refractivity contribution in [2.45, 2.75) is 31.7 Å². The van der Waals surface area contributed by atoms with Crippen LogP contribution < -0.4 is 0 Å². The Morgan fingerprint density at radius 3 is 2.42 bits per heavy atom. The van der Waals surface area contributed by atoms with Gasteiger partial charge in [0, 0.05) is 18.0 Å². The maximum Gasteiger partial charge on any atom is 0.471 e. The Balaban J connectivity index is 1.44. The summed E-state index contributed by atoms with van der Waals surface area (Å²) in [5.41, 5.74) is 0.443. The molecule has 1 aromatic carbocycles. The van der Waals surface area contributed by atoms with Crippen LogP contribution >= 0.6 is 11.3 Å². The fraction of sp³-hybridized carbons (Fsp3) is 0.316. The monoisotopic (exact) mass is 461 g/mol. The van der Waals surface area contributed by atoms with Crippen LogP contribution in [0.15, 0.2) is 34.9 Å². The number of amides is 1. The largest absolute Gasteiger partial charge is 0.471 e. The van der Waals surface area contributed by atoms with Crippen molar-refractivity contribution in [3.63, 3.8) is 0 Å². The molecule has 3 aromatic rings. The normalized spacial score (nSPS) is 14.6. The fourth-order valence-corrected chi connectivity index (χ4v) is 4.28. The van der Waals surface area contributed by atoms with Crippen LogP contribution in [-0.4, -0.2) is 27.5 Å². The lowest BCUT2D eigenvalue weighted by atomic mass is 10.1. The summed E-state index contributed by atoms with van der Waals surface area (Å²) in [6.07, 6.45) is -8.72. The summed E-state index contributed by atoms with van der Waals surface area (Å²) >= 11 is 1.24. The molecule has 164 valence electrons. The van der Waals surface area contributed by atoms with E-state index in [9.17, 15) is 31.1 Å². The number of thiophene rings is 1. The molecule has 0 unspecified atom stereocenters. The number of hydrogen-bond acceptors (Lipinski definition) is 5. The summed E-state index contributed by atoms with van der Waals surface area (Å²) in [7, 11) is 0. The van der Waals surface area contributed by atoms with E-state index in [1.54, 1.807) is 11.0 Å². The standard InChI is InChI=1S/C19H13F6N3O2S/c20-18(21,22)12-3-1-10(2-4-12)7-15(29)28-6-5-13-11(9-28)8-14(31-13)16-26-17(30-27-16)19(23,24)25/h1-4,8H,5-7,9H2. The predicted molar refractivity (Wildman–Crippen MR) is 96.9 cm³/mol. The summed E-state index contributed by atoms with van der Waals surface area (Å²) < 4.78 is 80.2. The van der Waals surface area contributed by atoms with Gasteiger partial charge in [-0.05, 0) is 35.7 Å². The summed E-state index contributed by atoms with van der Waals surface area (Å²) in [6, 6.07) is 6.04. The molecule has 31 heavy (non-hydrogen) atoms. The van der Waals surface area contributed by atoms with Crippen LogP contribution in [0.3, 0.4) is 0 Å². The van der Waals surface area contributed by atoms with Gasteiger partial charge >= 0.3 is 18.2 Å². The third kappa shape index (κ3) is 4.58. The third-order valence-electron chi connectivity index (χ3n) is 4.74. The third-order valence-corrected chi connectivity index (χ3v) is 5.98. The average molecular weight is 461 g/mol. The first-order valence-corrected chi connectivity index (χ1v) is 9.79. The van der Waals surface area contributed by atoms with Crippen LogP contribution in [0.5, 0.6) is 0 Å². The molecule has 4 rings (SSSR count). The lowest BCUT2D eigenvalue weighted by Gasteiger charge is -2.27. The van der Waals surface area contributed by atoms with Gasteiger partial charge in [0.2, 0.25) is 11.7 Å². The first-order valence-electron chi connectivity index (χ1n) is 8.97. The van der Waals surface area contributed by atoms with E-state index in [2.05, 4.69) is 14.7 Å². The average Bonchev–Trinajstić information content (AvgIpc) is 3.34. The first kappa shape index (κ1) is 21.3. The van der Waals surface area contributed by atoms with E-state index < -0.39 is 23.8 Å². The van der Waals surface area contributed by atoms with Gasteiger partial charge in [0.15, 0.2) is 0 Å². The molecule has 0 spiro atoms. The molecule has 0 saturated carbocycles. The van der Waals surface area contributed by atoms with E-state index in [4.69, 9.17) is 0 Å². The molecule has 3 heterocycles. The summed E-state index contributed by atoms with van der Waals surface area (Å²) in [5, 5.41) is 3.37. The minimum atomic E-state index is -4.73. The zero-order chi connectivity index (χ0) is 22.4. The van der Waals surface area contributed by atoms with Gasteiger partial charge in [0.1, 0.15) is 0 Å². The molecule has 0 N–H and O–H groups in total. The number of aromatic nitrogens is 2. The molecule has 0 fully saturated rings. The number of carbonyl (C=O) groups is 1. The van der Waals surface area contributed by atoms with E-state index in [1.807, 2.05) is 0 Å². The van der Waals surface area contributed by atoms with Crippen molar-refractivity contribution in [2.75, 3.05) is 6.54 Å². The Hall–Kier alpha value is -2.89. The van der Waals surface area contributed by atoms with Crippen LogP contribution in [0, 0.1) is 0 Å². The summed E-state index contributed by atoms with van der Waals surface area (Å²) in [4.78, 5) is 18.8. The van der Waals surface area contributed by atoms with Crippen LogP contribution in [0.1, 0.15) is 27.5 Å². The van der Waals surface area contributed by atoms with Crippen LogP contribution in [0.25, 0.3) is 10.7 Å². The molecular weight excluding hydrogens is 448 g/mol. The molecule has 0 saturated heterocycles. The molecule has 0 atom stereocenters. The number of hydrogen-bond donors (Lipinski definition) is 0. The van der Waals surface area contributed by atoms with E-state index in [1.165, 1.54) is 23.5 Å². The van der Waals surface area contributed by atoms with Crippen molar-refractivity contribution in [2.24, 2.45) is 0 Å². The lowest BCUT2D eigenvalue weighted by molar-refractivity contribution is -0.159. The Morgan fingerprint density at radius 1 is 1.10 bits per heavy atom. The number of benzene rings is 1. The number of rotatable bonds is 3. The second-order valence-electron chi connectivity index (χ2n) is 6.92. The van der Waals surface area contributed by atoms with Crippen molar-refractivity contribution in [3.05, 3.63) is 57.8 Å². The molecule has 0 radical (unpaired) electrons. The Morgan fingerprint density at radius 2 is 1.81 bits per heavy atom. The van der Waals surface area contributed by atoms with Crippen molar-refractivity contribution < 1.29 is 35.7 Å². The minimum absolute atomic E-state index is 0.0513. The number of halogens is 6. The molecule has 0 aliphatic carbocycles. The van der Waals surface area contributed by atoms with Gasteiger partial charge in [0.05, 0.1) is 16.9 Å². The van der Waals surface area contributed by atoms with E-state index in [0.29, 0.717) is 23.4 Å². The zero-order valence-corrected chi connectivity index (χ0v) is 16.4. The highest BCUT2D eigenvalue weighted by Gasteiger charge is 2.39. The highest BCUT2D eigenvalue weighted by atomic mass is 32.1. The Labute approximate surface area is 175 Å². The molecule has 5 nitrogen and oxygen atoms in total. The SMILES string of the molecule is O=C(Cc1ccc(C(F)(F)F)cc1)N1CCc2sc(-c3noc(C(F)(F)F)n3)cc2C1. The molecule has 12 heteroatoms. The summed E-state index contributed by atoms with van der Waals surface area (Å²) in [5.74, 6) is -1.85. The quantitative estimate of drug-likeness (QED) is 0.518. The van der Waals surface area contributed by atoms with Gasteiger partial charge < -0.3 is 9.42 Å². The first-order chi connectivity index (χ1) is 14.5. The second kappa shape index (κ2) is 7.66. The molecule has 0 bridgehead atoms. The van der Waals surface area contributed by atoms with E-state index >= 15 is 0 Å². The molecular formula is C19H13F6N3O2S. The highest BCUT2D eigenvalue weighted by molar-refractivity contribution is 7.15. The van der Waals surface area contributed by atoms with Gasteiger partial charge in [-0.3, -0.25) is 4.79 Å². The van der Waals surface area contributed by atoms with Crippen molar-refractivity contribution in [3.8, 4) is 10.7 Å². The summed E-state index contributed by atoms with van der Waals surface area (Å²) in [6.45, 7) is 0.641. The predicted octanol–water partition coefficient (Wildman–Crippen LogP) is 4.96. The fourth-order valence-electron chi connectivity index (χ4n) is 3.19. The van der Waals surface area contributed by atoms with Crippen molar-refractivity contribution in [1.82, 2.24) is 15.0 Å². The minimum Gasteiger partial charge on any atom is -0.338 e. The maximum absolute atomic E-state index is 12.7. The number of nitrogens with zero attached hydrogens (tertiary/aromatic N) is 3. The Bertz CT molecular complexity index is 1100. The number of fused-ring (bicyclic) bond motifs is 1. The van der Waals surface area contributed by atoms with Crippen LogP contribution in [-0.2, 0) is 36.5 Å². The van der Waals surface area contributed by atoms with Crippen molar-refractivity contribution in [1.29, 1.82) is 0 Å². The smallest absolute Gasteiger partial charge is 0.338 e. The van der Waals surface area contributed by atoms with Gasteiger partial charge in [-0.25, -0.2) is 0 Å². The molecule has 1 aliphatic rings. The molecule has 1 aliphatic heterocycles. The van der Waals surface area contributed by atoms with E-state index in [0.717, 1.165) is 22.6 Å². The highest BCUT2D eigenvalue weighted by Crippen LogP contribution is 2.36.